The molecule has 0 aromatic heterocycles. The monoisotopic (exact) mass is 385 g/mol. The molecule has 0 spiro atoms. The topological polar surface area (TPSA) is 94.8 Å². The van der Waals surface area contributed by atoms with E-state index in [2.05, 4.69) is 20.3 Å². The van der Waals surface area contributed by atoms with Crippen molar-refractivity contribution >= 4 is 12.2 Å². The van der Waals surface area contributed by atoms with Crippen LogP contribution in [0.4, 0.5) is 0 Å². The van der Waals surface area contributed by atoms with E-state index >= 15 is 0 Å². The molecule has 0 aliphatic heterocycles. The van der Waals surface area contributed by atoms with Crippen LogP contribution in [0.3, 0.4) is 0 Å². The van der Waals surface area contributed by atoms with Gasteiger partial charge in [-0.25, -0.2) is 0 Å². The molecule has 0 unspecified atom stereocenters. The fourth-order valence-corrected chi connectivity index (χ4v) is 2.39. The third-order valence-corrected chi connectivity index (χ3v) is 3.76. The van der Waals surface area contributed by atoms with Crippen LogP contribution in [0, 0.1) is 0 Å². The molecule has 0 saturated heterocycles. The van der Waals surface area contributed by atoms with Gasteiger partial charge in [-0.05, 0) is 0 Å². The number of hydrogen-bond acceptors (Lipinski definition) is 5. The molecule has 0 fully saturated rings. The summed E-state index contributed by atoms with van der Waals surface area (Å²) in [7, 11) is 2.91. The first-order chi connectivity index (χ1) is 12.0. The first-order valence-electron chi connectivity index (χ1n) is 7.23. The number of nitrogens with one attached hydrogen (secondary N) is 2. The average Bonchev–Trinajstić information content (AvgIpc) is 2.62. The molecule has 4 N–H and O–H groups in total. The third-order valence-electron chi connectivity index (χ3n) is 3.48. The van der Waals surface area contributed by atoms with Gasteiger partial charge in [-0.1, -0.05) is 0 Å². The maximum absolute atomic E-state index is 10.2. The summed E-state index contributed by atoms with van der Waals surface area (Å²) in [6, 6.07) is 10.0. The zero-order valence-electron chi connectivity index (χ0n) is 13.7. The van der Waals surface area contributed by atoms with Crippen LogP contribution in [-0.2, 0) is 16.0 Å². The Hall–Kier alpha value is -2.77. The second-order valence-electron chi connectivity index (χ2n) is 5.00. The molecule has 0 bridgehead atoms. The molecular weight excluding hydrogens is 367 g/mol. The first-order valence-corrected chi connectivity index (χ1v) is 7.75. The van der Waals surface area contributed by atoms with Gasteiger partial charge in [0, 0.05) is 0 Å². The fraction of sp³-hybridized carbons (Fsp3) is 0.111. The van der Waals surface area contributed by atoms with Crippen LogP contribution in [-0.4, -0.2) is 24.4 Å². The number of para-hydroxylation sites is 2. The number of benzene rings is 2. The van der Waals surface area contributed by atoms with Gasteiger partial charge in [0.2, 0.25) is 0 Å². The quantitative estimate of drug-likeness (QED) is 0.665. The van der Waals surface area contributed by atoms with Crippen LogP contribution >= 0.6 is 0 Å². The molecule has 0 saturated carbocycles. The van der Waals surface area contributed by atoms with Crippen LogP contribution < -0.4 is 19.6 Å². The SMILES string of the molecule is COc1cccc(C=C([NH])C(=Cc2cccc(OC)c2O)[NH][Co])c1O. The first kappa shape index (κ1) is 18.6. The van der Waals surface area contributed by atoms with Crippen LogP contribution in [0.2, 0.25) is 0 Å². The summed E-state index contributed by atoms with van der Waals surface area (Å²) in [6.45, 7) is 0. The second kappa shape index (κ2) is 8.36. The number of hydrogen-bond donors (Lipinski definition) is 3. The van der Waals surface area contributed by atoms with E-state index in [1.54, 1.807) is 42.5 Å². The van der Waals surface area contributed by atoms with E-state index in [0.29, 0.717) is 28.3 Å². The van der Waals surface area contributed by atoms with Crippen LogP contribution in [0.5, 0.6) is 23.0 Å². The predicted molar refractivity (Wildman–Crippen MR) is 91.5 cm³/mol. The fourth-order valence-electron chi connectivity index (χ4n) is 2.18. The summed E-state index contributed by atoms with van der Waals surface area (Å²) < 4.78 is 12.7. The minimum atomic E-state index is -0.0584. The Bertz CT molecular complexity index is 819. The van der Waals surface area contributed by atoms with Crippen molar-refractivity contribution in [1.29, 1.82) is 0 Å². The summed E-state index contributed by atoms with van der Waals surface area (Å²) in [5.41, 5.74) is 9.49. The molecule has 1 radical (unpaired) electrons. The zero-order valence-corrected chi connectivity index (χ0v) is 14.7. The standard InChI is InChI=1S/C18H18N2O4.Co/c1-23-15-7-3-5-11(17(15)21)9-13(19)14(20)10-12-6-4-8-16(24-2)18(12)22;/h3-10,19-22H,1-2H3;/q-1;+1. The van der Waals surface area contributed by atoms with Gasteiger partial charge in [0.1, 0.15) is 0 Å². The maximum atomic E-state index is 10.2. The van der Waals surface area contributed by atoms with E-state index in [9.17, 15) is 10.2 Å². The molecule has 0 heterocycles. The number of phenols is 2. The Morgan fingerprint density at radius 1 is 0.960 bits per heavy atom. The molecule has 0 aliphatic rings. The van der Waals surface area contributed by atoms with Crippen molar-refractivity contribution in [3.8, 4) is 23.0 Å². The molecule has 7 heteroatoms. The van der Waals surface area contributed by atoms with Crippen molar-refractivity contribution in [1.82, 2.24) is 10.1 Å². The van der Waals surface area contributed by atoms with Crippen LogP contribution in [0.25, 0.3) is 12.2 Å². The Morgan fingerprint density at radius 2 is 1.44 bits per heavy atom. The molecule has 2 rings (SSSR count). The number of ether oxygens (including phenoxy) is 2. The minimum absolute atomic E-state index is 0.0396. The predicted octanol–water partition coefficient (Wildman–Crippen LogP) is 2.83. The van der Waals surface area contributed by atoms with Gasteiger partial charge in [0.25, 0.3) is 0 Å². The van der Waals surface area contributed by atoms with Crippen LogP contribution in [0.15, 0.2) is 47.8 Å². The van der Waals surface area contributed by atoms with E-state index in [1.807, 2.05) is 0 Å². The Kier molecular flexibility index (Phi) is 6.21. The van der Waals surface area contributed by atoms with Crippen molar-refractivity contribution in [3.05, 3.63) is 58.9 Å². The van der Waals surface area contributed by atoms with Gasteiger partial charge in [-0.15, -0.1) is 0 Å². The molecule has 0 aliphatic carbocycles. The van der Waals surface area contributed by atoms with Crippen molar-refractivity contribution in [2.45, 2.75) is 0 Å². The third kappa shape index (κ3) is 4.20. The Morgan fingerprint density at radius 3 is 1.88 bits per heavy atom. The summed E-state index contributed by atoms with van der Waals surface area (Å²) in [5.74, 6) is 0.544. The summed E-state index contributed by atoms with van der Waals surface area (Å²) in [6.07, 6.45) is 3.02. The summed E-state index contributed by atoms with van der Waals surface area (Å²) in [4.78, 5) is 0. The number of aromatic hydroxyl groups is 2. The van der Waals surface area contributed by atoms with Crippen molar-refractivity contribution in [2.24, 2.45) is 0 Å². The number of rotatable bonds is 6. The Labute approximate surface area is 154 Å². The molecular formula is C18H18CoN2O4. The van der Waals surface area contributed by atoms with E-state index in [4.69, 9.17) is 15.2 Å². The number of methoxy groups -OCH3 is 2. The molecule has 6 nitrogen and oxygen atoms in total. The van der Waals surface area contributed by atoms with E-state index < -0.39 is 0 Å². The van der Waals surface area contributed by atoms with Gasteiger partial charge < -0.3 is 0 Å². The number of phenolic OH excluding ortho intramolecular Hbond substituents is 2. The molecule has 133 valence electrons. The van der Waals surface area contributed by atoms with Crippen LogP contribution in [0.1, 0.15) is 11.1 Å². The molecule has 2 aromatic carbocycles. The van der Waals surface area contributed by atoms with Gasteiger partial charge in [-0.3, -0.25) is 0 Å². The second-order valence-corrected chi connectivity index (χ2v) is 5.26. The summed E-state index contributed by atoms with van der Waals surface area (Å²) in [5, 5.41) is 20.3. The van der Waals surface area contributed by atoms with Gasteiger partial charge >= 0.3 is 154 Å². The van der Waals surface area contributed by atoms with E-state index in [-0.39, 0.29) is 17.2 Å². The zero-order chi connectivity index (χ0) is 18.4. The average molecular weight is 385 g/mol. The van der Waals surface area contributed by atoms with Crippen molar-refractivity contribution in [3.63, 3.8) is 0 Å². The van der Waals surface area contributed by atoms with Crippen molar-refractivity contribution < 1.29 is 35.6 Å². The van der Waals surface area contributed by atoms with Crippen molar-refractivity contribution in [2.75, 3.05) is 14.2 Å². The van der Waals surface area contributed by atoms with Gasteiger partial charge in [-0.2, -0.15) is 0 Å². The van der Waals surface area contributed by atoms with Gasteiger partial charge in [0.05, 0.1) is 0 Å². The Balaban J connectivity index is 2.44. The molecule has 0 amide bonds. The van der Waals surface area contributed by atoms with E-state index in [1.165, 1.54) is 20.3 Å². The molecule has 2 aromatic rings. The van der Waals surface area contributed by atoms with E-state index in [0.717, 1.165) is 0 Å². The molecule has 0 atom stereocenters. The molecule has 25 heavy (non-hydrogen) atoms. The van der Waals surface area contributed by atoms with Gasteiger partial charge in [0.15, 0.2) is 0 Å². The normalized spacial score (nSPS) is 12.0. The summed E-state index contributed by atoms with van der Waals surface area (Å²) >= 11 is 4.07.